The molecule has 0 N–H and O–H groups in total. The molecular formula is C22H28O2. The van der Waals surface area contributed by atoms with E-state index in [1.54, 1.807) is 6.08 Å². The van der Waals surface area contributed by atoms with Gasteiger partial charge in [-0.05, 0) is 17.6 Å². The lowest BCUT2D eigenvalue weighted by molar-refractivity contribution is -0.220. The third kappa shape index (κ3) is 3.28. The van der Waals surface area contributed by atoms with Gasteiger partial charge in [-0.3, -0.25) is 0 Å². The zero-order valence-corrected chi connectivity index (χ0v) is 15.3. The molecule has 1 fully saturated rings. The highest BCUT2D eigenvalue weighted by Gasteiger charge is 2.52. The van der Waals surface area contributed by atoms with Crippen molar-refractivity contribution in [3.05, 3.63) is 66.5 Å². The van der Waals surface area contributed by atoms with Crippen molar-refractivity contribution in [3.63, 3.8) is 0 Å². The third-order valence-electron chi connectivity index (χ3n) is 4.87. The van der Waals surface area contributed by atoms with E-state index in [4.69, 9.17) is 9.47 Å². The summed E-state index contributed by atoms with van der Waals surface area (Å²) in [4.78, 5) is 0. The fourth-order valence-electron chi connectivity index (χ4n) is 4.18. The van der Waals surface area contributed by atoms with Crippen LogP contribution in [0.1, 0.15) is 52.5 Å². The molecule has 0 radical (unpaired) electrons. The average molecular weight is 324 g/mol. The number of allylic oxidation sites excluding steroid dienone is 5. The summed E-state index contributed by atoms with van der Waals surface area (Å²) >= 11 is 0. The summed E-state index contributed by atoms with van der Waals surface area (Å²) in [5.74, 6) is 1.35. The first kappa shape index (κ1) is 16.9. The van der Waals surface area contributed by atoms with Gasteiger partial charge < -0.3 is 9.47 Å². The standard InChI is InChI=1S/C22H28O2/c1-6-7-8-11-17-14-20(2,3)15-22(23-17)16-21(4,5)18-12-9-10-13-19(18)24-22/h6-13H,1,14-16H2,2-5H3. The largest absolute Gasteiger partial charge is 0.457 e. The maximum absolute atomic E-state index is 6.46. The van der Waals surface area contributed by atoms with Crippen LogP contribution >= 0.6 is 0 Å². The smallest absolute Gasteiger partial charge is 0.252 e. The Kier molecular flexibility index (Phi) is 4.11. The normalized spacial score (nSPS) is 29.1. The van der Waals surface area contributed by atoms with E-state index in [0.717, 1.165) is 30.8 Å². The monoisotopic (exact) mass is 324 g/mol. The van der Waals surface area contributed by atoms with Gasteiger partial charge in [0, 0.05) is 30.2 Å². The number of fused-ring (bicyclic) bond motifs is 1. The van der Waals surface area contributed by atoms with Gasteiger partial charge >= 0.3 is 0 Å². The number of benzene rings is 1. The molecule has 1 spiro atoms. The molecule has 128 valence electrons. The van der Waals surface area contributed by atoms with Crippen molar-refractivity contribution in [1.29, 1.82) is 0 Å². The Bertz CT molecular complexity index is 694. The molecule has 1 aromatic carbocycles. The highest BCUT2D eigenvalue weighted by molar-refractivity contribution is 5.41. The Balaban J connectivity index is 1.99. The lowest BCUT2D eigenvalue weighted by Gasteiger charge is -2.51. The zero-order chi connectivity index (χ0) is 17.4. The second-order valence-electron chi connectivity index (χ2n) is 8.44. The molecule has 2 aliphatic heterocycles. The molecule has 3 rings (SSSR count). The van der Waals surface area contributed by atoms with Crippen molar-refractivity contribution in [1.82, 2.24) is 0 Å². The second kappa shape index (κ2) is 5.84. The van der Waals surface area contributed by atoms with Crippen LogP contribution in [0.2, 0.25) is 0 Å². The number of ether oxygens (including phenoxy) is 2. The Morgan fingerprint density at radius 3 is 2.50 bits per heavy atom. The highest BCUT2D eigenvalue weighted by Crippen LogP contribution is 2.53. The summed E-state index contributed by atoms with van der Waals surface area (Å²) in [6.07, 6.45) is 10.4. The first-order chi connectivity index (χ1) is 11.3. The molecule has 1 unspecified atom stereocenters. The number of hydrogen-bond donors (Lipinski definition) is 0. The van der Waals surface area contributed by atoms with Gasteiger partial charge in [0.15, 0.2) is 0 Å². The highest BCUT2D eigenvalue weighted by atomic mass is 16.7. The second-order valence-corrected chi connectivity index (χ2v) is 8.44. The maximum atomic E-state index is 6.46. The van der Waals surface area contributed by atoms with Crippen LogP contribution in [0.25, 0.3) is 0 Å². The molecule has 2 aliphatic rings. The third-order valence-corrected chi connectivity index (χ3v) is 4.87. The van der Waals surface area contributed by atoms with Gasteiger partial charge in [-0.2, -0.15) is 0 Å². The van der Waals surface area contributed by atoms with Gasteiger partial charge in [-0.25, -0.2) is 0 Å². The topological polar surface area (TPSA) is 18.5 Å². The van der Waals surface area contributed by atoms with E-state index >= 15 is 0 Å². The SMILES string of the molecule is C=CC=CC=C1CC(C)(C)CC2(CC(C)(C)c3ccccc3O2)O1. The van der Waals surface area contributed by atoms with E-state index < -0.39 is 5.79 Å². The summed E-state index contributed by atoms with van der Waals surface area (Å²) < 4.78 is 12.9. The fraction of sp³-hybridized carbons (Fsp3) is 0.455. The Labute approximate surface area is 145 Å². The zero-order valence-electron chi connectivity index (χ0n) is 15.3. The molecule has 2 heterocycles. The molecule has 0 aliphatic carbocycles. The van der Waals surface area contributed by atoms with Crippen LogP contribution in [-0.4, -0.2) is 5.79 Å². The minimum absolute atomic E-state index is 0.0182. The Morgan fingerprint density at radius 1 is 1.00 bits per heavy atom. The van der Waals surface area contributed by atoms with E-state index in [-0.39, 0.29) is 10.8 Å². The Hall–Kier alpha value is -1.96. The van der Waals surface area contributed by atoms with Crippen molar-refractivity contribution in [2.45, 2.75) is 58.2 Å². The molecule has 1 aromatic rings. The van der Waals surface area contributed by atoms with Crippen LogP contribution in [0.4, 0.5) is 0 Å². The quantitative estimate of drug-likeness (QED) is 0.630. The summed E-state index contributed by atoms with van der Waals surface area (Å²) in [6, 6.07) is 8.34. The molecule has 1 saturated heterocycles. The summed E-state index contributed by atoms with van der Waals surface area (Å²) in [7, 11) is 0. The fourth-order valence-corrected chi connectivity index (χ4v) is 4.18. The van der Waals surface area contributed by atoms with Crippen molar-refractivity contribution in [2.75, 3.05) is 0 Å². The van der Waals surface area contributed by atoms with Gasteiger partial charge in [0.1, 0.15) is 11.5 Å². The van der Waals surface area contributed by atoms with Gasteiger partial charge in [-0.15, -0.1) is 0 Å². The molecule has 0 bridgehead atoms. The van der Waals surface area contributed by atoms with Crippen molar-refractivity contribution in [2.24, 2.45) is 5.41 Å². The number of hydrogen-bond acceptors (Lipinski definition) is 2. The summed E-state index contributed by atoms with van der Waals surface area (Å²) in [5.41, 5.74) is 1.42. The van der Waals surface area contributed by atoms with Crippen LogP contribution in [0.15, 0.2) is 60.9 Å². The van der Waals surface area contributed by atoms with Crippen LogP contribution in [-0.2, 0) is 10.2 Å². The van der Waals surface area contributed by atoms with Gasteiger partial charge in [-0.1, -0.05) is 70.7 Å². The molecule has 2 heteroatoms. The first-order valence-corrected chi connectivity index (χ1v) is 8.71. The molecule has 2 nitrogen and oxygen atoms in total. The van der Waals surface area contributed by atoms with Crippen LogP contribution < -0.4 is 4.74 Å². The van der Waals surface area contributed by atoms with Gasteiger partial charge in [0.05, 0.1) is 0 Å². The molecule has 24 heavy (non-hydrogen) atoms. The van der Waals surface area contributed by atoms with E-state index in [1.165, 1.54) is 5.56 Å². The summed E-state index contributed by atoms with van der Waals surface area (Å²) in [6.45, 7) is 12.9. The minimum atomic E-state index is -0.590. The van der Waals surface area contributed by atoms with E-state index in [2.05, 4.69) is 52.5 Å². The predicted octanol–water partition coefficient (Wildman–Crippen LogP) is 5.91. The van der Waals surface area contributed by atoms with Crippen molar-refractivity contribution in [3.8, 4) is 5.75 Å². The van der Waals surface area contributed by atoms with Gasteiger partial charge in [0.2, 0.25) is 0 Å². The average Bonchev–Trinajstić information content (AvgIpc) is 2.44. The molecule has 0 aromatic heterocycles. The molecular weight excluding hydrogens is 296 g/mol. The van der Waals surface area contributed by atoms with Crippen LogP contribution in [0.5, 0.6) is 5.75 Å². The molecule has 0 amide bonds. The van der Waals surface area contributed by atoms with E-state index in [1.807, 2.05) is 24.3 Å². The molecule has 0 saturated carbocycles. The van der Waals surface area contributed by atoms with E-state index in [9.17, 15) is 0 Å². The van der Waals surface area contributed by atoms with Crippen molar-refractivity contribution >= 4 is 0 Å². The summed E-state index contributed by atoms with van der Waals surface area (Å²) in [5, 5.41) is 0. The maximum Gasteiger partial charge on any atom is 0.252 e. The van der Waals surface area contributed by atoms with Crippen LogP contribution in [0, 0.1) is 5.41 Å². The first-order valence-electron chi connectivity index (χ1n) is 8.71. The van der Waals surface area contributed by atoms with Crippen LogP contribution in [0.3, 0.4) is 0 Å². The number of rotatable bonds is 2. The Morgan fingerprint density at radius 2 is 1.75 bits per heavy atom. The van der Waals surface area contributed by atoms with Crippen molar-refractivity contribution < 1.29 is 9.47 Å². The predicted molar refractivity (Wildman–Crippen MR) is 99.0 cm³/mol. The van der Waals surface area contributed by atoms with Gasteiger partial charge in [0.25, 0.3) is 5.79 Å². The van der Waals surface area contributed by atoms with E-state index in [0.29, 0.717) is 0 Å². The number of para-hydroxylation sites is 1. The minimum Gasteiger partial charge on any atom is -0.457 e. The lowest BCUT2D eigenvalue weighted by Crippen LogP contribution is -2.52. The molecule has 1 atom stereocenters. The lowest BCUT2D eigenvalue weighted by atomic mass is 9.70.